The molecular weight excluding hydrogens is 1360 g/mol. The van der Waals surface area contributed by atoms with E-state index in [0.29, 0.717) is 94.7 Å². The zero-order valence-electron chi connectivity index (χ0n) is 52.1. The number of halogens is 4. The van der Waals surface area contributed by atoms with Crippen molar-refractivity contribution in [3.8, 4) is 56.7 Å². The molecule has 1 fully saturated rings. The maximum Gasteiger partial charge on any atom is 0.497 e. The van der Waals surface area contributed by atoms with Crippen LogP contribution in [-0.2, 0) is 29.4 Å². The van der Waals surface area contributed by atoms with Crippen molar-refractivity contribution in [1.29, 1.82) is 0 Å². The van der Waals surface area contributed by atoms with E-state index in [1.54, 1.807) is 62.4 Å². The topological polar surface area (TPSA) is 237 Å². The van der Waals surface area contributed by atoms with Gasteiger partial charge < -0.3 is 28.1 Å². The van der Waals surface area contributed by atoms with Crippen LogP contribution in [0, 0.1) is 11.6 Å². The minimum atomic E-state index is -3.68. The van der Waals surface area contributed by atoms with Crippen LogP contribution in [0.4, 0.5) is 20.2 Å². The van der Waals surface area contributed by atoms with E-state index in [2.05, 4.69) is 36.0 Å². The molecule has 12 aromatic rings. The number of rotatable bonds is 14. The van der Waals surface area contributed by atoms with Crippen molar-refractivity contribution in [1.82, 2.24) is 29.9 Å². The molecule has 6 aromatic carbocycles. The molecule has 1 saturated heterocycles. The number of benzene rings is 6. The molecule has 0 unspecified atom stereocenters. The Morgan fingerprint density at radius 2 is 0.978 bits per heavy atom. The Morgan fingerprint density at radius 3 is 1.43 bits per heavy atom. The lowest BCUT2D eigenvalue weighted by molar-refractivity contribution is 0.00578. The second kappa shape index (κ2) is 26.4. The van der Waals surface area contributed by atoms with E-state index >= 15 is 0 Å². The van der Waals surface area contributed by atoms with Crippen molar-refractivity contribution >= 4 is 135 Å². The highest BCUT2D eigenvalue weighted by Crippen LogP contribution is 2.44. The van der Waals surface area contributed by atoms with Crippen molar-refractivity contribution in [2.24, 2.45) is 0 Å². The number of nitrogens with zero attached hydrogens (tertiary/aromatic N) is 6. The number of hydrogen-bond acceptors (Lipinski definition) is 14. The van der Waals surface area contributed by atoms with E-state index in [9.17, 15) is 35.2 Å². The predicted octanol–water partition coefficient (Wildman–Crippen LogP) is 15.3. The molecule has 7 heterocycles. The van der Waals surface area contributed by atoms with Crippen molar-refractivity contribution in [3.05, 3.63) is 186 Å². The highest BCUT2D eigenvalue weighted by atomic mass is 127. The van der Waals surface area contributed by atoms with Crippen molar-refractivity contribution in [2.75, 3.05) is 35.2 Å². The third-order valence-corrected chi connectivity index (χ3v) is 19.0. The molecule has 25 heteroatoms. The molecule has 0 bridgehead atoms. The molecular formula is C68H63BClF2IN8O10S2. The molecule has 0 spiro atoms. The zero-order valence-corrected chi connectivity index (χ0v) is 56.8. The second-order valence-corrected chi connectivity index (χ2v) is 27.5. The van der Waals surface area contributed by atoms with Crippen LogP contribution >= 0.6 is 35.6 Å². The highest BCUT2D eigenvalue weighted by Gasteiger charge is 2.53. The maximum absolute atomic E-state index is 13.7. The van der Waals surface area contributed by atoms with Gasteiger partial charge in [0.2, 0.25) is 20.0 Å². The van der Waals surface area contributed by atoms with Crippen LogP contribution in [0.2, 0.25) is 5.15 Å². The Morgan fingerprint density at radius 1 is 0.559 bits per heavy atom. The Hall–Kier alpha value is -8.66. The molecule has 478 valence electrons. The van der Waals surface area contributed by atoms with Gasteiger partial charge in [0.1, 0.15) is 52.1 Å². The molecule has 18 nitrogen and oxygen atoms in total. The number of carbonyl (C=O) groups excluding carboxylic acids is 2. The van der Waals surface area contributed by atoms with Crippen LogP contribution in [0.3, 0.4) is 0 Å². The Bertz CT molecular complexity index is 5000. The van der Waals surface area contributed by atoms with Gasteiger partial charge in [0.05, 0.1) is 74.7 Å². The van der Waals surface area contributed by atoms with Crippen molar-refractivity contribution < 1.29 is 53.3 Å². The van der Waals surface area contributed by atoms with Gasteiger partial charge in [-0.3, -0.25) is 18.2 Å². The van der Waals surface area contributed by atoms with Gasteiger partial charge in [-0.2, -0.15) is 0 Å². The zero-order chi connectivity index (χ0) is 65.8. The number of fused-ring (bicyclic) bond motifs is 4. The third-order valence-electron chi connectivity index (χ3n) is 16.4. The van der Waals surface area contributed by atoms with Crippen LogP contribution in [-0.4, -0.2) is 103 Å². The molecule has 0 saturated carbocycles. The Kier molecular flexibility index (Phi) is 19.1. The fraction of sp³-hybridized carbons (Fsp3) is 0.206. The second-order valence-electron chi connectivity index (χ2n) is 23.1. The van der Waals surface area contributed by atoms with E-state index in [0.717, 1.165) is 60.0 Å². The molecule has 1 aliphatic rings. The van der Waals surface area contributed by atoms with Crippen molar-refractivity contribution in [2.45, 2.75) is 65.6 Å². The fourth-order valence-corrected chi connectivity index (χ4v) is 11.8. The number of anilines is 2. The fourth-order valence-electron chi connectivity index (χ4n) is 10.6. The van der Waals surface area contributed by atoms with Crippen LogP contribution in [0.5, 0.6) is 0 Å². The highest BCUT2D eigenvalue weighted by molar-refractivity contribution is 14.0. The van der Waals surface area contributed by atoms with Gasteiger partial charge in [-0.05, 0) is 119 Å². The molecule has 93 heavy (non-hydrogen) atoms. The molecule has 0 aliphatic carbocycles. The van der Waals surface area contributed by atoms with Crippen LogP contribution in [0.15, 0.2) is 167 Å². The van der Waals surface area contributed by atoms with Gasteiger partial charge in [0.25, 0.3) is 0 Å². The lowest BCUT2D eigenvalue weighted by Gasteiger charge is -2.32. The van der Waals surface area contributed by atoms with E-state index < -0.39 is 50.0 Å². The minimum absolute atomic E-state index is 0. The lowest BCUT2D eigenvalue weighted by atomic mass is 9.76. The number of nitrogens with one attached hydrogen (secondary N) is 2. The summed E-state index contributed by atoms with van der Waals surface area (Å²) in [5.74, 6) is -0.563. The largest absolute Gasteiger partial charge is 0.497 e. The SMILES string of the molecule is CCC(=O)c1c(-c2ccc(F)cc2)oc2cc(N(C)S(C)(=O)=O)c(-c3cc(-c4cc5ccccc5[nH]4)ncn3)cc12.CCC(=O)c1c(-c2ccc(F)cc2)oc2cc(N(C)S(C)(=O)=O)c(B3OC(C)(C)C(C)(C)O3)cc12.Clc1cc(-c2cc3ccccc3[nH]2)ncn1.I. The third kappa shape index (κ3) is 13.7. The van der Waals surface area contributed by atoms with E-state index in [-0.39, 0.29) is 48.4 Å². The number of Topliss-reactive ketones (excluding diaryl/α,β-unsaturated/α-hetero) is 2. The monoisotopic (exact) mass is 1430 g/mol. The van der Waals surface area contributed by atoms with Gasteiger partial charge in [-0.1, -0.05) is 61.8 Å². The first-order valence-electron chi connectivity index (χ1n) is 29.1. The molecule has 0 amide bonds. The summed E-state index contributed by atoms with van der Waals surface area (Å²) in [6.07, 6.45) is 5.52. The first-order chi connectivity index (χ1) is 43.6. The van der Waals surface area contributed by atoms with Crippen LogP contribution < -0.4 is 14.1 Å². The average Bonchev–Trinajstić information content (AvgIpc) is 1.65. The molecule has 1 aliphatic heterocycles. The molecule has 13 rings (SSSR count). The van der Waals surface area contributed by atoms with Gasteiger partial charge in [0.15, 0.2) is 11.6 Å². The lowest BCUT2D eigenvalue weighted by Crippen LogP contribution is -2.41. The quantitative estimate of drug-likeness (QED) is 0.0446. The van der Waals surface area contributed by atoms with E-state index in [1.807, 2.05) is 82.3 Å². The van der Waals surface area contributed by atoms with Gasteiger partial charge in [-0.15, -0.1) is 24.0 Å². The number of aromatic nitrogens is 6. The number of carbonyl (C=O) groups is 2. The van der Waals surface area contributed by atoms with Crippen molar-refractivity contribution in [3.63, 3.8) is 0 Å². The molecule has 0 atom stereocenters. The van der Waals surface area contributed by atoms with E-state index in [1.165, 1.54) is 63.1 Å². The summed E-state index contributed by atoms with van der Waals surface area (Å²) in [5.41, 5.74) is 8.29. The average molecular weight is 1430 g/mol. The summed E-state index contributed by atoms with van der Waals surface area (Å²) in [7, 11) is -5.32. The number of sulfonamides is 2. The number of H-pyrrole nitrogens is 2. The molecule has 6 aromatic heterocycles. The summed E-state index contributed by atoms with van der Waals surface area (Å²) in [4.78, 5) is 49.9. The van der Waals surface area contributed by atoms with Crippen LogP contribution in [0.25, 0.3) is 100 Å². The maximum atomic E-state index is 13.7. The molecule has 0 radical (unpaired) electrons. The van der Waals surface area contributed by atoms with Crippen LogP contribution in [0.1, 0.15) is 75.1 Å². The number of para-hydroxylation sites is 2. The standard InChI is InChI=1S/C31H25FN4O4S.C25H29BFNO6S.C12H8ClN3.HI/c1-4-28(37)30-22-14-21(24-15-25(34-17-33-24)26-13-19-7-5-6-8-23(19)35-26)27(36(2)41(3,38)39)16-29(22)40-31(30)18-9-11-20(32)12-10-18;1-8-20(29)22-17-13-18(26-33-24(2,3)25(4,5)34-26)19(28(6)35(7,30)31)14-21(17)32-23(22)15-9-11-16(27)12-10-15;13-12-6-10(14-7-15-12)11-5-8-3-1-2-4-9(8)16-11;/h5-17,35H,4H2,1-3H3;9-14H,8H2,1-7H3;1-7,16H;1H. The first-order valence-corrected chi connectivity index (χ1v) is 33.2. The molecule has 2 N–H and O–H groups in total. The van der Waals surface area contributed by atoms with Gasteiger partial charge in [0, 0.05) is 99.9 Å². The normalized spacial score (nSPS) is 13.5. The number of furan rings is 2. The van der Waals surface area contributed by atoms with Gasteiger partial charge in [-0.25, -0.2) is 45.6 Å². The summed E-state index contributed by atoms with van der Waals surface area (Å²) in [6, 6.07) is 41.4. The number of ketones is 2. The summed E-state index contributed by atoms with van der Waals surface area (Å²) in [5, 5.41) is 3.64. The van der Waals surface area contributed by atoms with E-state index in [4.69, 9.17) is 29.7 Å². The predicted molar refractivity (Wildman–Crippen MR) is 373 cm³/mol. The summed E-state index contributed by atoms with van der Waals surface area (Å²) < 4.78 is 105. The number of aromatic amines is 2. The Balaban J connectivity index is 0.000000164. The first kappa shape index (κ1) is 67.2. The minimum Gasteiger partial charge on any atom is -0.455 e. The Labute approximate surface area is 558 Å². The number of hydrogen-bond donors (Lipinski definition) is 2. The smallest absolute Gasteiger partial charge is 0.455 e. The summed E-state index contributed by atoms with van der Waals surface area (Å²) >= 11 is 5.83. The van der Waals surface area contributed by atoms with Gasteiger partial charge >= 0.3 is 7.12 Å². The summed E-state index contributed by atoms with van der Waals surface area (Å²) in [6.45, 7) is 11.1.